The molecule has 1 heterocycles. The number of carbonyl (C=O) groups is 2. The predicted molar refractivity (Wildman–Crippen MR) is 57.9 cm³/mol. The maximum Gasteiger partial charge on any atom is 0.325 e. The van der Waals surface area contributed by atoms with Crippen molar-refractivity contribution in [2.45, 2.75) is 32.2 Å². The molecule has 0 bridgehead atoms. The average Bonchev–Trinajstić information content (AvgIpc) is 2.93. The van der Waals surface area contributed by atoms with Crippen molar-refractivity contribution in [1.29, 1.82) is 0 Å². The van der Waals surface area contributed by atoms with Crippen molar-refractivity contribution in [1.82, 2.24) is 10.6 Å². The average molecular weight is 226 g/mol. The van der Waals surface area contributed by atoms with Gasteiger partial charge in [0.05, 0.1) is 0 Å². The van der Waals surface area contributed by atoms with Gasteiger partial charge >= 0.3 is 5.97 Å². The summed E-state index contributed by atoms with van der Waals surface area (Å²) in [6, 6.07) is -0.785. The number of rotatable bonds is 3. The molecule has 0 aromatic rings. The third-order valence-electron chi connectivity index (χ3n) is 3.83. The van der Waals surface area contributed by atoms with E-state index in [2.05, 4.69) is 10.6 Å². The lowest BCUT2D eigenvalue weighted by atomic mass is 9.91. The smallest absolute Gasteiger partial charge is 0.325 e. The maximum atomic E-state index is 11.8. The first-order valence-electron chi connectivity index (χ1n) is 5.79. The second-order valence-electron chi connectivity index (χ2n) is 4.94. The molecule has 1 aliphatic heterocycles. The van der Waals surface area contributed by atoms with Gasteiger partial charge in [-0.1, -0.05) is 0 Å². The normalized spacial score (nSPS) is 28.4. The Bertz CT molecular complexity index is 310. The zero-order valence-electron chi connectivity index (χ0n) is 9.45. The topological polar surface area (TPSA) is 78.4 Å². The summed E-state index contributed by atoms with van der Waals surface area (Å²) in [5.41, 5.74) is 0.174. The van der Waals surface area contributed by atoms with Crippen LogP contribution in [-0.2, 0) is 9.59 Å². The Labute approximate surface area is 94.6 Å². The summed E-state index contributed by atoms with van der Waals surface area (Å²) in [4.78, 5) is 22.4. The monoisotopic (exact) mass is 226 g/mol. The highest BCUT2D eigenvalue weighted by molar-refractivity contribution is 5.87. The molecule has 3 N–H and O–H groups in total. The second-order valence-corrected chi connectivity index (χ2v) is 4.94. The van der Waals surface area contributed by atoms with Crippen molar-refractivity contribution in [2.75, 3.05) is 13.1 Å². The fourth-order valence-corrected chi connectivity index (χ4v) is 2.57. The minimum Gasteiger partial charge on any atom is -0.480 e. The first-order chi connectivity index (χ1) is 7.55. The molecule has 1 aliphatic carbocycles. The highest BCUT2D eigenvalue weighted by atomic mass is 16.4. The van der Waals surface area contributed by atoms with E-state index in [1.54, 1.807) is 0 Å². The summed E-state index contributed by atoms with van der Waals surface area (Å²) in [5, 5.41) is 14.5. The van der Waals surface area contributed by atoms with Gasteiger partial charge in [0, 0.05) is 5.92 Å². The Hall–Kier alpha value is -1.10. The van der Waals surface area contributed by atoms with Gasteiger partial charge in [0.2, 0.25) is 5.91 Å². The zero-order chi connectivity index (χ0) is 11.8. The van der Waals surface area contributed by atoms with E-state index < -0.39 is 12.0 Å². The summed E-state index contributed by atoms with van der Waals surface area (Å²) in [6.45, 7) is 3.44. The zero-order valence-corrected chi connectivity index (χ0v) is 9.45. The highest BCUT2D eigenvalue weighted by Gasteiger charge is 2.57. The summed E-state index contributed by atoms with van der Waals surface area (Å²) in [5.74, 6) is -1.03. The van der Waals surface area contributed by atoms with Gasteiger partial charge in [0.1, 0.15) is 6.04 Å². The molecule has 0 aromatic heterocycles. The summed E-state index contributed by atoms with van der Waals surface area (Å²) in [6.07, 6.45) is 2.99. The molecular formula is C11H18N2O3. The van der Waals surface area contributed by atoms with E-state index >= 15 is 0 Å². The number of piperidine rings is 1. The summed E-state index contributed by atoms with van der Waals surface area (Å²) < 4.78 is 0. The van der Waals surface area contributed by atoms with E-state index in [1.165, 1.54) is 6.92 Å². The molecule has 2 atom stereocenters. The number of aliphatic carboxylic acids is 1. The summed E-state index contributed by atoms with van der Waals surface area (Å²) >= 11 is 0. The highest BCUT2D eigenvalue weighted by Crippen LogP contribution is 2.58. The lowest BCUT2D eigenvalue weighted by Crippen LogP contribution is -2.41. The molecule has 1 saturated heterocycles. The van der Waals surface area contributed by atoms with Gasteiger partial charge in [0.25, 0.3) is 0 Å². The molecule has 1 amide bonds. The Morgan fingerprint density at radius 2 is 2.06 bits per heavy atom. The molecule has 2 fully saturated rings. The van der Waals surface area contributed by atoms with Gasteiger partial charge < -0.3 is 15.7 Å². The van der Waals surface area contributed by atoms with Crippen LogP contribution < -0.4 is 10.6 Å². The van der Waals surface area contributed by atoms with Crippen LogP contribution in [0.5, 0.6) is 0 Å². The van der Waals surface area contributed by atoms with Crippen LogP contribution >= 0.6 is 0 Å². The van der Waals surface area contributed by atoms with Gasteiger partial charge in [0.15, 0.2) is 0 Å². The van der Waals surface area contributed by atoms with Gasteiger partial charge in [-0.2, -0.15) is 0 Å². The molecule has 1 saturated carbocycles. The van der Waals surface area contributed by atoms with Gasteiger partial charge in [-0.05, 0) is 44.7 Å². The van der Waals surface area contributed by atoms with Crippen LogP contribution in [0.4, 0.5) is 0 Å². The summed E-state index contributed by atoms with van der Waals surface area (Å²) in [7, 11) is 0. The number of hydrogen-bond acceptors (Lipinski definition) is 3. The molecule has 5 nitrogen and oxygen atoms in total. The number of nitrogens with one attached hydrogen (secondary N) is 2. The molecule has 0 aromatic carbocycles. The van der Waals surface area contributed by atoms with Crippen molar-refractivity contribution < 1.29 is 14.7 Å². The van der Waals surface area contributed by atoms with Crippen molar-refractivity contribution in [3.05, 3.63) is 0 Å². The first-order valence-corrected chi connectivity index (χ1v) is 5.79. The fraction of sp³-hybridized carbons (Fsp3) is 0.818. The number of carboxylic acid groups (broad SMARTS) is 1. The second kappa shape index (κ2) is 4.05. The van der Waals surface area contributed by atoms with E-state index in [9.17, 15) is 9.59 Å². The largest absolute Gasteiger partial charge is 0.480 e. The van der Waals surface area contributed by atoms with Crippen LogP contribution in [0.3, 0.4) is 0 Å². The lowest BCUT2D eigenvalue weighted by molar-refractivity contribution is -0.141. The van der Waals surface area contributed by atoms with Crippen molar-refractivity contribution in [3.63, 3.8) is 0 Å². The predicted octanol–water partition coefficient (Wildman–Crippen LogP) is -0.0346. The van der Waals surface area contributed by atoms with Crippen molar-refractivity contribution >= 4 is 11.9 Å². The number of hydrogen-bond donors (Lipinski definition) is 3. The van der Waals surface area contributed by atoms with E-state index in [4.69, 9.17) is 5.11 Å². The molecule has 2 aliphatic rings. The first kappa shape index (κ1) is 11.4. The Kier molecular flexibility index (Phi) is 2.88. The van der Waals surface area contributed by atoms with Gasteiger partial charge in [-0.15, -0.1) is 0 Å². The molecule has 1 unspecified atom stereocenters. The maximum absolute atomic E-state index is 11.8. The Morgan fingerprint density at radius 3 is 2.62 bits per heavy atom. The Morgan fingerprint density at radius 1 is 1.44 bits per heavy atom. The molecule has 5 heteroatoms. The van der Waals surface area contributed by atoms with Crippen molar-refractivity contribution in [2.24, 2.45) is 11.3 Å². The lowest BCUT2D eigenvalue weighted by Gasteiger charge is -2.23. The molecule has 0 radical (unpaired) electrons. The van der Waals surface area contributed by atoms with Crippen LogP contribution in [0.25, 0.3) is 0 Å². The quantitative estimate of drug-likeness (QED) is 0.631. The van der Waals surface area contributed by atoms with Gasteiger partial charge in [-0.3, -0.25) is 9.59 Å². The van der Waals surface area contributed by atoms with E-state index in [0.717, 1.165) is 32.4 Å². The SMILES string of the molecule is C[C@H](NC(=O)C1CC12CCNCC2)C(=O)O. The molecule has 16 heavy (non-hydrogen) atoms. The molecular weight excluding hydrogens is 208 g/mol. The molecule has 90 valence electrons. The van der Waals surface area contributed by atoms with Crippen LogP contribution in [0, 0.1) is 11.3 Å². The van der Waals surface area contributed by atoms with E-state index in [1.807, 2.05) is 0 Å². The van der Waals surface area contributed by atoms with E-state index in [0.29, 0.717) is 0 Å². The third kappa shape index (κ3) is 2.04. The van der Waals surface area contributed by atoms with Crippen molar-refractivity contribution in [3.8, 4) is 0 Å². The number of carbonyl (C=O) groups excluding carboxylic acids is 1. The van der Waals surface area contributed by atoms with Crippen LogP contribution in [0.15, 0.2) is 0 Å². The van der Waals surface area contributed by atoms with Crippen LogP contribution in [0.1, 0.15) is 26.2 Å². The molecule has 1 spiro atoms. The standard InChI is InChI=1S/C11H18N2O3/c1-7(10(15)16)13-9(14)8-6-11(8)2-4-12-5-3-11/h7-8,12H,2-6H2,1H3,(H,13,14)(H,15,16)/t7-,8?/m0/s1. The third-order valence-corrected chi connectivity index (χ3v) is 3.83. The van der Waals surface area contributed by atoms with Crippen LogP contribution in [0.2, 0.25) is 0 Å². The number of carboxylic acids is 1. The molecule has 2 rings (SSSR count). The van der Waals surface area contributed by atoms with Gasteiger partial charge in [-0.25, -0.2) is 0 Å². The minimum absolute atomic E-state index is 0.0383. The van der Waals surface area contributed by atoms with Crippen LogP contribution in [-0.4, -0.2) is 36.1 Å². The minimum atomic E-state index is -0.978. The number of amides is 1. The fourth-order valence-electron chi connectivity index (χ4n) is 2.57. The van der Waals surface area contributed by atoms with E-state index in [-0.39, 0.29) is 17.2 Å². The Balaban J connectivity index is 1.86.